The molecular weight excluding hydrogens is 278 g/mol. The van der Waals surface area contributed by atoms with Crippen LogP contribution in [0.3, 0.4) is 0 Å². The van der Waals surface area contributed by atoms with E-state index in [0.717, 1.165) is 6.07 Å². The maximum absolute atomic E-state index is 12.3. The van der Waals surface area contributed by atoms with Gasteiger partial charge in [-0.15, -0.1) is 0 Å². The first-order valence-electron chi connectivity index (χ1n) is 4.97. The topological polar surface area (TPSA) is 58.3 Å². The summed E-state index contributed by atoms with van der Waals surface area (Å²) >= 11 is 0. The summed E-state index contributed by atoms with van der Waals surface area (Å²) in [5, 5.41) is 10.8. The first-order chi connectivity index (χ1) is 8.51. The minimum atomic E-state index is -4.81. The highest BCUT2D eigenvalue weighted by molar-refractivity contribution is 5.67. The number of rotatable bonds is 3. The minimum Gasteiger partial charge on any atom is -0.397 e. The van der Waals surface area contributed by atoms with Crippen molar-refractivity contribution in [1.82, 2.24) is 0 Å². The van der Waals surface area contributed by atoms with Gasteiger partial charge in [-0.25, -0.2) is 0 Å². The van der Waals surface area contributed by atoms with Gasteiger partial charge in [-0.05, 0) is 18.2 Å². The highest BCUT2D eigenvalue weighted by Crippen LogP contribution is 2.33. The third-order valence-electron chi connectivity index (χ3n) is 2.24. The molecule has 0 aliphatic carbocycles. The number of nitrogens with one attached hydrogen (secondary N) is 1. The summed E-state index contributed by atoms with van der Waals surface area (Å²) in [5.74, 6) is 0. The fourth-order valence-electron chi connectivity index (χ4n) is 1.22. The number of hydrogen-bond acceptors (Lipinski definition) is 3. The molecule has 0 saturated heterocycles. The van der Waals surface area contributed by atoms with Crippen LogP contribution < -0.4 is 11.1 Å². The number of nitrogen functional groups attached to an aromatic ring is 1. The van der Waals surface area contributed by atoms with Gasteiger partial charge >= 0.3 is 12.4 Å². The van der Waals surface area contributed by atoms with Crippen LogP contribution in [0.25, 0.3) is 0 Å². The second-order valence-electron chi connectivity index (χ2n) is 3.74. The zero-order chi connectivity index (χ0) is 14.8. The number of halogens is 6. The molecule has 19 heavy (non-hydrogen) atoms. The van der Waals surface area contributed by atoms with Gasteiger partial charge in [0.05, 0.1) is 16.9 Å². The van der Waals surface area contributed by atoms with Gasteiger partial charge in [0, 0.05) is 6.54 Å². The summed E-state index contributed by atoms with van der Waals surface area (Å²) in [7, 11) is 0. The third-order valence-corrected chi connectivity index (χ3v) is 2.24. The Bertz CT molecular complexity index is 443. The molecule has 0 aliphatic rings. The normalized spacial score (nSPS) is 14.3. The van der Waals surface area contributed by atoms with E-state index in [-0.39, 0.29) is 11.4 Å². The Morgan fingerprint density at radius 2 is 1.74 bits per heavy atom. The summed E-state index contributed by atoms with van der Waals surface area (Å²) in [5.41, 5.74) is 3.81. The number of nitrogens with two attached hydrogens (primary N) is 1. The van der Waals surface area contributed by atoms with Crippen LogP contribution in [0.15, 0.2) is 18.2 Å². The highest BCUT2D eigenvalue weighted by Gasteiger charge is 2.38. The summed E-state index contributed by atoms with van der Waals surface area (Å²) in [6.07, 6.45) is -12.0. The van der Waals surface area contributed by atoms with Crippen molar-refractivity contribution in [3.63, 3.8) is 0 Å². The van der Waals surface area contributed by atoms with E-state index in [1.807, 2.05) is 0 Å². The van der Waals surface area contributed by atoms with Crippen LogP contribution in [0, 0.1) is 0 Å². The molecule has 0 aromatic heterocycles. The lowest BCUT2D eigenvalue weighted by atomic mass is 10.1. The van der Waals surface area contributed by atoms with Crippen LogP contribution in [-0.4, -0.2) is 23.9 Å². The van der Waals surface area contributed by atoms with Crippen molar-refractivity contribution in [2.45, 2.75) is 18.5 Å². The van der Waals surface area contributed by atoms with Crippen molar-refractivity contribution >= 4 is 11.4 Å². The Morgan fingerprint density at radius 3 is 2.16 bits per heavy atom. The largest absolute Gasteiger partial charge is 0.416 e. The van der Waals surface area contributed by atoms with Crippen molar-refractivity contribution in [2.75, 3.05) is 17.6 Å². The molecule has 1 aromatic rings. The molecule has 0 fully saturated rings. The third kappa shape index (κ3) is 4.19. The number of anilines is 2. The molecule has 0 amide bonds. The standard InChI is InChI=1S/C10H10F6N2O/c11-9(12,13)5-1-2-7(6(17)3-5)18-4-8(19)10(14,15)16/h1-3,8,18-19H,4,17H2. The van der Waals surface area contributed by atoms with Gasteiger partial charge in [0.25, 0.3) is 0 Å². The Kier molecular flexibility index (Phi) is 4.18. The zero-order valence-electron chi connectivity index (χ0n) is 9.31. The predicted molar refractivity (Wildman–Crippen MR) is 56.4 cm³/mol. The van der Waals surface area contributed by atoms with Gasteiger partial charge in [0.15, 0.2) is 6.10 Å². The minimum absolute atomic E-state index is 0.115. The van der Waals surface area contributed by atoms with Crippen LogP contribution in [0.1, 0.15) is 5.56 Å². The average molecular weight is 288 g/mol. The smallest absolute Gasteiger partial charge is 0.397 e. The number of benzene rings is 1. The predicted octanol–water partition coefficient (Wildman–Crippen LogP) is 2.62. The van der Waals surface area contributed by atoms with Gasteiger partial charge in [-0.2, -0.15) is 26.3 Å². The fraction of sp³-hybridized carbons (Fsp3) is 0.400. The van der Waals surface area contributed by atoms with Crippen LogP contribution in [-0.2, 0) is 6.18 Å². The monoisotopic (exact) mass is 288 g/mol. The summed E-state index contributed by atoms with van der Waals surface area (Å²) < 4.78 is 72.9. The Hall–Kier alpha value is -1.64. The molecule has 0 aliphatic heterocycles. The van der Waals surface area contributed by atoms with E-state index in [2.05, 4.69) is 5.32 Å². The molecule has 1 unspecified atom stereocenters. The Labute approximate surface area is 104 Å². The van der Waals surface area contributed by atoms with E-state index in [0.29, 0.717) is 12.1 Å². The van der Waals surface area contributed by atoms with Crippen LogP contribution >= 0.6 is 0 Å². The van der Waals surface area contributed by atoms with Crippen molar-refractivity contribution in [2.24, 2.45) is 0 Å². The average Bonchev–Trinajstić information content (AvgIpc) is 2.24. The zero-order valence-corrected chi connectivity index (χ0v) is 9.31. The number of aliphatic hydroxyl groups is 1. The van der Waals surface area contributed by atoms with Crippen LogP contribution in [0.4, 0.5) is 37.7 Å². The lowest BCUT2D eigenvalue weighted by Gasteiger charge is -2.17. The molecule has 0 spiro atoms. The van der Waals surface area contributed by atoms with E-state index < -0.39 is 30.6 Å². The molecule has 108 valence electrons. The molecule has 0 bridgehead atoms. The van der Waals surface area contributed by atoms with Gasteiger partial charge < -0.3 is 16.2 Å². The molecule has 0 radical (unpaired) electrons. The number of alkyl halides is 6. The second kappa shape index (κ2) is 5.16. The van der Waals surface area contributed by atoms with Crippen molar-refractivity contribution in [3.05, 3.63) is 23.8 Å². The van der Waals surface area contributed by atoms with Gasteiger partial charge in [-0.1, -0.05) is 0 Å². The van der Waals surface area contributed by atoms with E-state index in [1.54, 1.807) is 0 Å². The lowest BCUT2D eigenvalue weighted by molar-refractivity contribution is -0.198. The molecule has 1 rings (SSSR count). The van der Waals surface area contributed by atoms with E-state index >= 15 is 0 Å². The first kappa shape index (κ1) is 15.4. The highest BCUT2D eigenvalue weighted by atomic mass is 19.4. The molecule has 1 aromatic carbocycles. The van der Waals surface area contributed by atoms with Crippen molar-refractivity contribution in [1.29, 1.82) is 0 Å². The maximum atomic E-state index is 12.3. The molecule has 1 atom stereocenters. The van der Waals surface area contributed by atoms with E-state index in [1.165, 1.54) is 0 Å². The maximum Gasteiger partial charge on any atom is 0.416 e. The van der Waals surface area contributed by atoms with Crippen molar-refractivity contribution in [3.8, 4) is 0 Å². The van der Waals surface area contributed by atoms with Gasteiger partial charge in [-0.3, -0.25) is 0 Å². The molecule has 4 N–H and O–H groups in total. The SMILES string of the molecule is Nc1cc(C(F)(F)F)ccc1NCC(O)C(F)(F)F. The first-order valence-corrected chi connectivity index (χ1v) is 4.97. The summed E-state index contributed by atoms with van der Waals surface area (Å²) in [4.78, 5) is 0. The van der Waals surface area contributed by atoms with Gasteiger partial charge in [0.1, 0.15) is 0 Å². The van der Waals surface area contributed by atoms with Crippen molar-refractivity contribution < 1.29 is 31.4 Å². The van der Waals surface area contributed by atoms with E-state index in [4.69, 9.17) is 10.8 Å². The molecule has 3 nitrogen and oxygen atoms in total. The lowest BCUT2D eigenvalue weighted by Crippen LogP contribution is -2.35. The Morgan fingerprint density at radius 1 is 1.16 bits per heavy atom. The molecule has 9 heteroatoms. The second-order valence-corrected chi connectivity index (χ2v) is 3.74. The molecule has 0 saturated carbocycles. The summed E-state index contributed by atoms with van der Waals surface area (Å²) in [6.45, 7) is -0.904. The van der Waals surface area contributed by atoms with Gasteiger partial charge in [0.2, 0.25) is 0 Å². The Balaban J connectivity index is 2.77. The van der Waals surface area contributed by atoms with E-state index in [9.17, 15) is 26.3 Å². The fourth-order valence-corrected chi connectivity index (χ4v) is 1.22. The number of hydrogen-bond donors (Lipinski definition) is 3. The number of aliphatic hydroxyl groups excluding tert-OH is 1. The summed E-state index contributed by atoms with van der Waals surface area (Å²) in [6, 6.07) is 2.18. The molecule has 0 heterocycles. The van der Waals surface area contributed by atoms with Crippen LogP contribution in [0.2, 0.25) is 0 Å². The quantitative estimate of drug-likeness (QED) is 0.592. The molecular formula is C10H10F6N2O. The van der Waals surface area contributed by atoms with Crippen LogP contribution in [0.5, 0.6) is 0 Å².